The van der Waals surface area contributed by atoms with Crippen molar-refractivity contribution in [1.82, 2.24) is 30.2 Å². The molecule has 2 atom stereocenters. The zero-order valence-electron chi connectivity index (χ0n) is 20.2. The van der Waals surface area contributed by atoms with E-state index in [2.05, 4.69) is 30.2 Å². The van der Waals surface area contributed by atoms with Crippen molar-refractivity contribution in [3.63, 3.8) is 0 Å². The molecule has 2 fully saturated rings. The van der Waals surface area contributed by atoms with Crippen molar-refractivity contribution in [1.29, 1.82) is 0 Å². The highest BCUT2D eigenvalue weighted by Crippen LogP contribution is 2.50. The van der Waals surface area contributed by atoms with Gasteiger partial charge in [0.25, 0.3) is 0 Å². The standard InChI is InChI=1S/C22H21F2N7O2.C2H7N/c1-10(32)18-26-6-11(7-27-18)33-21-29-19-16(15-13(28-19)3-2-12(23)17(15)24)20(30-21)31-8-22(9-31)5-4-14(22)25;1-3-2/h2-3,6-7,10,14,32H,4-5,8-9,25H2,1H3,(H,28,29,30);3H,1-2H3. The second kappa shape index (κ2) is 9.19. The summed E-state index contributed by atoms with van der Waals surface area (Å²) < 4.78 is 34.6. The number of aliphatic hydroxyl groups excluding tert-OH is 1. The quantitative estimate of drug-likeness (QED) is 0.335. The lowest BCUT2D eigenvalue weighted by molar-refractivity contribution is 0.0559. The number of aromatic amines is 1. The Kier molecular flexibility index (Phi) is 6.18. The Morgan fingerprint density at radius 2 is 1.89 bits per heavy atom. The lowest BCUT2D eigenvalue weighted by Gasteiger charge is -2.60. The van der Waals surface area contributed by atoms with Crippen LogP contribution in [0.5, 0.6) is 11.8 Å². The summed E-state index contributed by atoms with van der Waals surface area (Å²) in [4.78, 5) is 22.1. The van der Waals surface area contributed by atoms with Crippen molar-refractivity contribution in [2.45, 2.75) is 31.9 Å². The summed E-state index contributed by atoms with van der Waals surface area (Å²) >= 11 is 0. The largest absolute Gasteiger partial charge is 0.421 e. The number of H-pyrrole nitrogens is 1. The molecule has 0 amide bonds. The van der Waals surface area contributed by atoms with E-state index in [9.17, 15) is 13.9 Å². The summed E-state index contributed by atoms with van der Waals surface area (Å²) in [7, 11) is 3.75. The van der Waals surface area contributed by atoms with Gasteiger partial charge in [0, 0.05) is 24.5 Å². The lowest BCUT2D eigenvalue weighted by Crippen LogP contribution is -2.69. The first-order valence-corrected chi connectivity index (χ1v) is 11.7. The summed E-state index contributed by atoms with van der Waals surface area (Å²) in [6.07, 6.45) is 4.03. The Bertz CT molecular complexity index is 1400. The number of ether oxygens (including phenoxy) is 1. The van der Waals surface area contributed by atoms with Crippen molar-refractivity contribution < 1.29 is 18.6 Å². The van der Waals surface area contributed by atoms with Gasteiger partial charge in [-0.2, -0.15) is 9.97 Å². The number of aliphatic hydroxyl groups is 1. The Hall–Kier alpha value is -3.48. The van der Waals surface area contributed by atoms with Crippen LogP contribution < -0.4 is 20.7 Å². The lowest BCUT2D eigenvalue weighted by atomic mass is 9.60. The first-order chi connectivity index (χ1) is 17.3. The number of nitrogens with zero attached hydrogens (tertiary/aromatic N) is 5. The van der Waals surface area contributed by atoms with Crippen LogP contribution in [0.2, 0.25) is 0 Å². The molecule has 1 saturated carbocycles. The second-order valence-corrected chi connectivity index (χ2v) is 9.38. The molecule has 1 aliphatic heterocycles. The maximum Gasteiger partial charge on any atom is 0.326 e. The summed E-state index contributed by atoms with van der Waals surface area (Å²) in [5.41, 5.74) is 7.00. The van der Waals surface area contributed by atoms with E-state index in [0.717, 1.165) is 18.9 Å². The fraction of sp³-hybridized carbons (Fsp3) is 0.417. The molecule has 12 heteroatoms. The fourth-order valence-electron chi connectivity index (χ4n) is 4.73. The van der Waals surface area contributed by atoms with Crippen molar-refractivity contribution in [2.75, 3.05) is 32.1 Å². The molecule has 3 aromatic heterocycles. The number of aromatic nitrogens is 5. The Morgan fingerprint density at radius 3 is 2.47 bits per heavy atom. The van der Waals surface area contributed by atoms with E-state index >= 15 is 0 Å². The maximum atomic E-state index is 14.8. The van der Waals surface area contributed by atoms with Gasteiger partial charge in [0.15, 0.2) is 23.2 Å². The molecule has 2 aliphatic rings. The number of nitrogens with one attached hydrogen (secondary N) is 2. The van der Waals surface area contributed by atoms with Crippen molar-refractivity contribution in [3.8, 4) is 11.8 Å². The first kappa shape index (κ1) is 24.2. The molecule has 1 aliphatic carbocycles. The summed E-state index contributed by atoms with van der Waals surface area (Å²) in [5, 5.41) is 12.8. The number of hydrogen-bond donors (Lipinski definition) is 4. The van der Waals surface area contributed by atoms with Crippen LogP contribution in [0.4, 0.5) is 14.6 Å². The molecule has 4 heterocycles. The van der Waals surface area contributed by atoms with E-state index in [4.69, 9.17) is 10.5 Å². The molecule has 0 radical (unpaired) electrons. The molecule has 1 spiro atoms. The molecule has 4 aromatic rings. The zero-order chi connectivity index (χ0) is 25.6. The van der Waals surface area contributed by atoms with E-state index in [1.165, 1.54) is 18.5 Å². The number of rotatable bonds is 4. The van der Waals surface area contributed by atoms with Crippen LogP contribution in [0.3, 0.4) is 0 Å². The van der Waals surface area contributed by atoms with Gasteiger partial charge in [-0.1, -0.05) is 0 Å². The number of hydrogen-bond acceptors (Lipinski definition) is 9. The minimum absolute atomic E-state index is 0.0113. The van der Waals surface area contributed by atoms with E-state index in [0.29, 0.717) is 35.5 Å². The van der Waals surface area contributed by atoms with Gasteiger partial charge in [0.05, 0.1) is 28.7 Å². The van der Waals surface area contributed by atoms with Crippen molar-refractivity contribution in [2.24, 2.45) is 11.1 Å². The average Bonchev–Trinajstić information content (AvgIpc) is 3.20. The van der Waals surface area contributed by atoms with Crippen molar-refractivity contribution in [3.05, 3.63) is 42.0 Å². The molecule has 190 valence electrons. The second-order valence-electron chi connectivity index (χ2n) is 9.38. The number of fused-ring (bicyclic) bond motifs is 3. The van der Waals surface area contributed by atoms with Crippen LogP contribution in [0.15, 0.2) is 24.5 Å². The van der Waals surface area contributed by atoms with Crippen LogP contribution in [-0.2, 0) is 0 Å². The molecule has 6 rings (SSSR count). The van der Waals surface area contributed by atoms with E-state index < -0.39 is 17.7 Å². The summed E-state index contributed by atoms with van der Waals surface area (Å²) in [5.74, 6) is -0.896. The highest BCUT2D eigenvalue weighted by Gasteiger charge is 2.54. The number of anilines is 1. The zero-order valence-corrected chi connectivity index (χ0v) is 20.2. The van der Waals surface area contributed by atoms with Crippen LogP contribution >= 0.6 is 0 Å². The molecule has 1 aromatic carbocycles. The third kappa shape index (κ3) is 4.00. The minimum atomic E-state index is -0.949. The molecule has 36 heavy (non-hydrogen) atoms. The highest BCUT2D eigenvalue weighted by molar-refractivity contribution is 6.11. The van der Waals surface area contributed by atoms with Gasteiger partial charge in [-0.05, 0) is 46.0 Å². The number of benzene rings is 1. The smallest absolute Gasteiger partial charge is 0.326 e. The SMILES string of the molecule is CC(O)c1ncc(Oc2nc(N3CC4(CCC4N)C3)c3c(n2)[nH]c2ccc(F)c(F)c23)cn1.CNC. The molecule has 2 unspecified atom stereocenters. The van der Waals surface area contributed by atoms with Crippen LogP contribution in [-0.4, -0.2) is 63.3 Å². The molecule has 5 N–H and O–H groups in total. The Morgan fingerprint density at radius 1 is 1.19 bits per heavy atom. The highest BCUT2D eigenvalue weighted by atomic mass is 19.2. The first-order valence-electron chi connectivity index (χ1n) is 11.7. The van der Waals surface area contributed by atoms with E-state index in [1.807, 2.05) is 19.0 Å². The van der Waals surface area contributed by atoms with Crippen LogP contribution in [0.25, 0.3) is 21.9 Å². The summed E-state index contributed by atoms with van der Waals surface area (Å²) in [6.45, 7) is 2.91. The van der Waals surface area contributed by atoms with Gasteiger partial charge < -0.3 is 30.8 Å². The Labute approximate surface area is 205 Å². The Balaban J connectivity index is 0.000000848. The monoisotopic (exact) mass is 498 g/mol. The number of nitrogens with two attached hydrogens (primary N) is 1. The maximum absolute atomic E-state index is 14.8. The van der Waals surface area contributed by atoms with Gasteiger partial charge in [-0.15, -0.1) is 0 Å². The van der Waals surface area contributed by atoms with Gasteiger partial charge in [0.2, 0.25) is 0 Å². The summed E-state index contributed by atoms with van der Waals surface area (Å²) in [6, 6.07) is 2.69. The topological polar surface area (TPSA) is 138 Å². The minimum Gasteiger partial charge on any atom is -0.421 e. The molecule has 1 saturated heterocycles. The third-order valence-corrected chi connectivity index (χ3v) is 6.75. The average molecular weight is 499 g/mol. The molecule has 10 nitrogen and oxygen atoms in total. The van der Waals surface area contributed by atoms with Crippen LogP contribution in [0.1, 0.15) is 31.7 Å². The molecule has 0 bridgehead atoms. The third-order valence-electron chi connectivity index (χ3n) is 6.75. The van der Waals surface area contributed by atoms with Gasteiger partial charge in [0.1, 0.15) is 17.6 Å². The predicted octanol–water partition coefficient (Wildman–Crippen LogP) is 2.79. The molecular formula is C24H28F2N8O2. The van der Waals surface area contributed by atoms with E-state index in [1.54, 1.807) is 6.92 Å². The van der Waals surface area contributed by atoms with Crippen LogP contribution in [0, 0.1) is 17.0 Å². The van der Waals surface area contributed by atoms with Crippen molar-refractivity contribution >= 4 is 27.8 Å². The normalized spacial score (nSPS) is 19.0. The van der Waals surface area contributed by atoms with Gasteiger partial charge in [-0.25, -0.2) is 18.7 Å². The fourth-order valence-corrected chi connectivity index (χ4v) is 4.73. The predicted molar refractivity (Wildman–Crippen MR) is 131 cm³/mol. The molecular weight excluding hydrogens is 470 g/mol. The van der Waals surface area contributed by atoms with E-state index in [-0.39, 0.29) is 34.4 Å². The number of halogens is 2. The van der Waals surface area contributed by atoms with Gasteiger partial charge in [-0.3, -0.25) is 0 Å². The van der Waals surface area contributed by atoms with Gasteiger partial charge >= 0.3 is 6.01 Å².